The summed E-state index contributed by atoms with van der Waals surface area (Å²) in [6.45, 7) is 1.71. The fourth-order valence-electron chi connectivity index (χ4n) is 3.98. The molecule has 0 radical (unpaired) electrons. The summed E-state index contributed by atoms with van der Waals surface area (Å²) in [5.41, 5.74) is 4.09. The quantitative estimate of drug-likeness (QED) is 0.475. The van der Waals surface area contributed by atoms with Crippen molar-refractivity contribution in [1.29, 1.82) is 0 Å². The van der Waals surface area contributed by atoms with Gasteiger partial charge in [-0.3, -0.25) is 4.79 Å². The third-order valence-corrected chi connectivity index (χ3v) is 5.82. The molecule has 0 aliphatic heterocycles. The highest BCUT2D eigenvalue weighted by atomic mass is 19.1. The molecule has 0 spiro atoms. The summed E-state index contributed by atoms with van der Waals surface area (Å²) in [5.74, 6) is -3.40. The average molecular weight is 462 g/mol. The third-order valence-electron chi connectivity index (χ3n) is 5.82. The van der Waals surface area contributed by atoms with Crippen LogP contribution in [-0.4, -0.2) is 36.2 Å². The third kappa shape index (κ3) is 4.76. The minimum atomic E-state index is -1.27. The van der Waals surface area contributed by atoms with Gasteiger partial charge in [-0.25, -0.2) is 14.0 Å². The summed E-state index contributed by atoms with van der Waals surface area (Å²) in [7, 11) is 0. The second kappa shape index (κ2) is 9.74. The molecule has 8 heteroatoms. The highest BCUT2D eigenvalue weighted by Crippen LogP contribution is 2.44. The monoisotopic (exact) mass is 462 g/mol. The van der Waals surface area contributed by atoms with Crippen LogP contribution in [-0.2, 0) is 9.53 Å². The SMILES string of the molecule is CC(CNC(=O)OCC1c2ccccc2-c2ccccc21)C(=O)Nc1ccc(C(=O)O)cc1F. The lowest BCUT2D eigenvalue weighted by Gasteiger charge is -2.16. The van der Waals surface area contributed by atoms with E-state index in [1.165, 1.54) is 12.1 Å². The van der Waals surface area contributed by atoms with Crippen LogP contribution < -0.4 is 10.6 Å². The molecule has 1 aliphatic carbocycles. The van der Waals surface area contributed by atoms with Crippen molar-refractivity contribution in [2.75, 3.05) is 18.5 Å². The zero-order chi connectivity index (χ0) is 24.2. The largest absolute Gasteiger partial charge is 0.478 e. The van der Waals surface area contributed by atoms with E-state index in [1.54, 1.807) is 6.92 Å². The van der Waals surface area contributed by atoms with Crippen molar-refractivity contribution in [2.45, 2.75) is 12.8 Å². The zero-order valence-corrected chi connectivity index (χ0v) is 18.4. The Bertz CT molecular complexity index is 1210. The molecule has 7 nitrogen and oxygen atoms in total. The summed E-state index contributed by atoms with van der Waals surface area (Å²) in [4.78, 5) is 35.5. The van der Waals surface area contributed by atoms with Crippen LogP contribution in [0.1, 0.15) is 34.3 Å². The van der Waals surface area contributed by atoms with Crippen molar-refractivity contribution in [2.24, 2.45) is 5.92 Å². The van der Waals surface area contributed by atoms with E-state index in [4.69, 9.17) is 9.84 Å². The van der Waals surface area contributed by atoms with Gasteiger partial charge in [-0.05, 0) is 40.5 Å². The number of nitrogens with one attached hydrogen (secondary N) is 2. The zero-order valence-electron chi connectivity index (χ0n) is 18.4. The minimum Gasteiger partial charge on any atom is -0.478 e. The van der Waals surface area contributed by atoms with E-state index in [1.807, 2.05) is 48.5 Å². The van der Waals surface area contributed by atoms with Gasteiger partial charge in [-0.2, -0.15) is 0 Å². The molecule has 2 amide bonds. The Balaban J connectivity index is 1.30. The van der Waals surface area contributed by atoms with Crippen molar-refractivity contribution >= 4 is 23.7 Å². The number of benzene rings is 3. The number of hydrogen-bond donors (Lipinski definition) is 3. The van der Waals surface area contributed by atoms with Gasteiger partial charge >= 0.3 is 12.1 Å². The highest BCUT2D eigenvalue weighted by Gasteiger charge is 2.29. The van der Waals surface area contributed by atoms with Gasteiger partial charge in [0.1, 0.15) is 12.4 Å². The first-order chi connectivity index (χ1) is 16.3. The molecule has 0 bridgehead atoms. The topological polar surface area (TPSA) is 105 Å². The molecular formula is C26H23FN2O5. The van der Waals surface area contributed by atoms with Crippen molar-refractivity contribution in [3.05, 3.63) is 89.2 Å². The summed E-state index contributed by atoms with van der Waals surface area (Å²) in [6, 6.07) is 19.2. The molecular weight excluding hydrogens is 439 g/mol. The maximum Gasteiger partial charge on any atom is 0.407 e. The molecule has 1 aliphatic rings. The first-order valence-corrected chi connectivity index (χ1v) is 10.8. The smallest absolute Gasteiger partial charge is 0.407 e. The number of carbonyl (C=O) groups is 3. The number of fused-ring (bicyclic) bond motifs is 3. The molecule has 3 aromatic carbocycles. The standard InChI is InChI=1S/C26H23FN2O5/c1-15(24(30)29-23-11-10-16(25(31)32)12-22(23)27)13-28-26(33)34-14-21-19-8-4-2-6-17(19)18-7-3-5-9-20(18)21/h2-12,15,21H,13-14H2,1H3,(H,28,33)(H,29,30)(H,31,32). The molecule has 34 heavy (non-hydrogen) atoms. The summed E-state index contributed by atoms with van der Waals surface area (Å²) in [5, 5.41) is 13.9. The first-order valence-electron chi connectivity index (χ1n) is 10.8. The Labute approximate surface area is 195 Å². The molecule has 0 saturated carbocycles. The number of alkyl carbamates (subject to hydrolysis) is 1. The maximum absolute atomic E-state index is 14.0. The second-order valence-electron chi connectivity index (χ2n) is 8.10. The number of carboxylic acids is 1. The van der Waals surface area contributed by atoms with Crippen LogP contribution in [0.5, 0.6) is 0 Å². The normalized spacial score (nSPS) is 12.9. The van der Waals surface area contributed by atoms with Crippen molar-refractivity contribution < 1.29 is 28.6 Å². The molecule has 4 rings (SSSR count). The molecule has 3 N–H and O–H groups in total. The molecule has 0 fully saturated rings. The van der Waals surface area contributed by atoms with E-state index in [0.29, 0.717) is 0 Å². The Hall–Kier alpha value is -4.20. The van der Waals surface area contributed by atoms with Crippen LogP contribution in [0.2, 0.25) is 0 Å². The molecule has 0 aromatic heterocycles. The number of carbonyl (C=O) groups excluding carboxylic acids is 2. The Morgan fingerprint density at radius 1 is 1.00 bits per heavy atom. The van der Waals surface area contributed by atoms with Crippen LogP contribution in [0.15, 0.2) is 66.7 Å². The number of aromatic carboxylic acids is 1. The van der Waals surface area contributed by atoms with Crippen LogP contribution >= 0.6 is 0 Å². The lowest BCUT2D eigenvalue weighted by Crippen LogP contribution is -2.35. The number of carboxylic acid groups (broad SMARTS) is 1. The molecule has 0 saturated heterocycles. The minimum absolute atomic E-state index is 0.0165. The van der Waals surface area contributed by atoms with Gasteiger partial charge in [-0.1, -0.05) is 55.5 Å². The predicted molar refractivity (Wildman–Crippen MR) is 124 cm³/mol. The van der Waals surface area contributed by atoms with Gasteiger partial charge in [0.2, 0.25) is 5.91 Å². The van der Waals surface area contributed by atoms with Crippen molar-refractivity contribution in [3.63, 3.8) is 0 Å². The van der Waals surface area contributed by atoms with Crippen molar-refractivity contribution in [1.82, 2.24) is 5.32 Å². The fraction of sp³-hybridized carbons (Fsp3) is 0.192. The Morgan fingerprint density at radius 2 is 1.62 bits per heavy atom. The second-order valence-corrected chi connectivity index (χ2v) is 8.10. The molecule has 3 aromatic rings. The lowest BCUT2D eigenvalue weighted by molar-refractivity contribution is -0.119. The van der Waals surface area contributed by atoms with Crippen LogP contribution in [0.3, 0.4) is 0 Å². The molecule has 1 atom stereocenters. The van der Waals surface area contributed by atoms with Gasteiger partial charge in [-0.15, -0.1) is 0 Å². The number of halogens is 1. The van der Waals surface area contributed by atoms with Crippen LogP contribution in [0.25, 0.3) is 11.1 Å². The van der Waals surface area contributed by atoms with Gasteiger partial charge in [0.15, 0.2) is 0 Å². The average Bonchev–Trinajstić information content (AvgIpc) is 3.16. The maximum atomic E-state index is 14.0. The summed E-state index contributed by atoms with van der Waals surface area (Å²) < 4.78 is 19.5. The number of rotatable bonds is 7. The predicted octanol–water partition coefficient (Wildman–Crippen LogP) is 4.64. The number of hydrogen-bond acceptors (Lipinski definition) is 4. The van der Waals surface area contributed by atoms with E-state index in [0.717, 1.165) is 28.3 Å². The van der Waals surface area contributed by atoms with Crippen molar-refractivity contribution in [3.8, 4) is 11.1 Å². The van der Waals surface area contributed by atoms with Gasteiger partial charge in [0.05, 0.1) is 17.2 Å². The molecule has 1 unspecified atom stereocenters. The van der Waals surface area contributed by atoms with Gasteiger partial charge in [0, 0.05) is 12.5 Å². The van der Waals surface area contributed by atoms with Gasteiger partial charge < -0.3 is 20.5 Å². The summed E-state index contributed by atoms with van der Waals surface area (Å²) in [6.07, 6.45) is -0.654. The van der Waals surface area contributed by atoms with E-state index in [-0.39, 0.29) is 30.3 Å². The van der Waals surface area contributed by atoms with Crippen LogP contribution in [0.4, 0.5) is 14.9 Å². The Kier molecular flexibility index (Phi) is 6.58. The fourth-order valence-corrected chi connectivity index (χ4v) is 3.98. The van der Waals surface area contributed by atoms with E-state index >= 15 is 0 Å². The molecule has 174 valence electrons. The lowest BCUT2D eigenvalue weighted by atomic mass is 9.98. The van der Waals surface area contributed by atoms with E-state index in [9.17, 15) is 18.8 Å². The first kappa shape index (κ1) is 23.0. The number of anilines is 1. The molecule has 0 heterocycles. The van der Waals surface area contributed by atoms with Gasteiger partial charge in [0.25, 0.3) is 0 Å². The van der Waals surface area contributed by atoms with Crippen LogP contribution in [0, 0.1) is 11.7 Å². The highest BCUT2D eigenvalue weighted by molar-refractivity contribution is 5.94. The summed E-state index contributed by atoms with van der Waals surface area (Å²) >= 11 is 0. The van der Waals surface area contributed by atoms with E-state index < -0.39 is 29.7 Å². The van der Waals surface area contributed by atoms with E-state index in [2.05, 4.69) is 10.6 Å². The number of ether oxygens (including phenoxy) is 1. The Morgan fingerprint density at radius 3 is 2.21 bits per heavy atom. The number of amides is 2.